The van der Waals surface area contributed by atoms with Crippen LogP contribution in [0.1, 0.15) is 21.6 Å². The lowest BCUT2D eigenvalue weighted by atomic mass is 9.88. The van der Waals surface area contributed by atoms with Crippen LogP contribution in [0.3, 0.4) is 0 Å². The van der Waals surface area contributed by atoms with Crippen molar-refractivity contribution in [3.63, 3.8) is 0 Å². The van der Waals surface area contributed by atoms with E-state index in [-0.39, 0.29) is 26.7 Å². The molecule has 0 fully saturated rings. The fraction of sp³-hybridized carbons (Fsp3) is 0.0833. The van der Waals surface area contributed by atoms with Gasteiger partial charge in [-0.05, 0) is 77.2 Å². The summed E-state index contributed by atoms with van der Waals surface area (Å²) < 4.78 is 58.7. The van der Waals surface area contributed by atoms with Crippen LogP contribution in [-0.4, -0.2) is 42.8 Å². The van der Waals surface area contributed by atoms with E-state index in [1.807, 2.05) is 0 Å². The number of amides is 1. The molecule has 0 atom stereocenters. The zero-order chi connectivity index (χ0) is 27.5. The number of rotatable bonds is 6. The molecule has 0 saturated heterocycles. The third kappa shape index (κ3) is 4.21. The van der Waals surface area contributed by atoms with E-state index in [4.69, 9.17) is 10.9 Å². The molecule has 0 spiro atoms. The first kappa shape index (κ1) is 24.7. The third-order valence-electron chi connectivity index (χ3n) is 6.43. The monoisotopic (exact) mass is 565 g/mol. The summed E-state index contributed by atoms with van der Waals surface area (Å²) in [5.41, 5.74) is 9.46. The highest BCUT2D eigenvalue weighted by atomic mass is 32.2. The molecule has 5 N–H and O–H groups in total. The van der Waals surface area contributed by atoms with E-state index < -0.39 is 26.0 Å². The molecule has 15 heteroatoms. The van der Waals surface area contributed by atoms with E-state index in [0.29, 0.717) is 40.9 Å². The maximum absolute atomic E-state index is 13.3. The van der Waals surface area contributed by atoms with E-state index in [0.717, 1.165) is 5.56 Å². The number of carbonyl (C=O) groups is 1. The molecule has 5 aromatic rings. The Morgan fingerprint density at radius 3 is 2.46 bits per heavy atom. The van der Waals surface area contributed by atoms with Gasteiger partial charge in [0.05, 0.1) is 16.3 Å². The molecule has 2 aromatic heterocycles. The van der Waals surface area contributed by atoms with Crippen LogP contribution >= 0.6 is 0 Å². The zero-order valence-electron chi connectivity index (χ0n) is 19.9. The van der Waals surface area contributed by atoms with Crippen molar-refractivity contribution in [1.29, 1.82) is 0 Å². The van der Waals surface area contributed by atoms with Crippen molar-refractivity contribution in [2.24, 2.45) is 10.9 Å². The number of carbonyl (C=O) groups excluding carboxylic acids is 1. The first-order chi connectivity index (χ1) is 18.5. The Bertz CT molecular complexity index is 2010. The molecule has 0 aliphatic heterocycles. The van der Waals surface area contributed by atoms with Crippen molar-refractivity contribution >= 4 is 42.7 Å². The number of nitrogens with two attached hydrogens (primary N) is 2. The van der Waals surface area contributed by atoms with Crippen molar-refractivity contribution in [2.45, 2.75) is 22.6 Å². The molecule has 2 heterocycles. The maximum atomic E-state index is 13.3. The van der Waals surface area contributed by atoms with Crippen molar-refractivity contribution in [1.82, 2.24) is 20.1 Å². The Morgan fingerprint density at radius 2 is 1.74 bits per heavy atom. The topological polar surface area (TPSA) is 206 Å². The van der Waals surface area contributed by atoms with Crippen LogP contribution in [0.4, 0.5) is 5.69 Å². The van der Waals surface area contributed by atoms with E-state index in [2.05, 4.69) is 24.8 Å². The summed E-state index contributed by atoms with van der Waals surface area (Å²) in [6.07, 6.45) is 1.04. The largest absolute Gasteiger partial charge is 0.364 e. The summed E-state index contributed by atoms with van der Waals surface area (Å²) >= 11 is 0. The van der Waals surface area contributed by atoms with Crippen molar-refractivity contribution < 1.29 is 26.3 Å². The highest BCUT2D eigenvalue weighted by Gasteiger charge is 2.29. The summed E-state index contributed by atoms with van der Waals surface area (Å²) in [5.74, 6) is -0.722. The number of hydrogen-bond acceptors (Lipinski definition) is 9. The van der Waals surface area contributed by atoms with Crippen molar-refractivity contribution in [3.8, 4) is 16.9 Å². The van der Waals surface area contributed by atoms with Gasteiger partial charge in [0.2, 0.25) is 10.0 Å². The zero-order valence-corrected chi connectivity index (χ0v) is 21.5. The van der Waals surface area contributed by atoms with Gasteiger partial charge in [-0.15, -0.1) is 0 Å². The summed E-state index contributed by atoms with van der Waals surface area (Å²) in [4.78, 5) is 12.1. The molecular weight excluding hydrogens is 546 g/mol. The molecular formula is C24H19N7O6S2. The second-order valence-electron chi connectivity index (χ2n) is 8.86. The number of anilines is 1. The summed E-state index contributed by atoms with van der Waals surface area (Å²) in [7, 11) is -8.00. The van der Waals surface area contributed by atoms with Crippen LogP contribution in [0.25, 0.3) is 28.0 Å². The number of benzene rings is 3. The second kappa shape index (κ2) is 8.72. The number of aryl methyl sites for hydroxylation is 1. The summed E-state index contributed by atoms with van der Waals surface area (Å²) in [6.45, 7) is 0. The molecule has 198 valence electrons. The number of hydrogen-bond donors (Lipinski definition) is 3. The fourth-order valence-corrected chi connectivity index (χ4v) is 6.39. The molecule has 1 aliphatic rings. The molecule has 39 heavy (non-hydrogen) atoms. The predicted molar refractivity (Wildman–Crippen MR) is 139 cm³/mol. The van der Waals surface area contributed by atoms with Gasteiger partial charge in [-0.2, -0.15) is 5.10 Å². The third-order valence-corrected chi connectivity index (χ3v) is 8.77. The molecule has 0 unspecified atom stereocenters. The minimum absolute atomic E-state index is 0.0716. The average molecular weight is 566 g/mol. The lowest BCUT2D eigenvalue weighted by molar-refractivity contribution is 0.0994. The Kier molecular flexibility index (Phi) is 5.53. The highest BCUT2D eigenvalue weighted by molar-refractivity contribution is 7.93. The average Bonchev–Trinajstić information content (AvgIpc) is 3.53. The Labute approximate surface area is 221 Å². The van der Waals surface area contributed by atoms with Gasteiger partial charge in [0.25, 0.3) is 15.9 Å². The number of primary sulfonamides is 1. The van der Waals surface area contributed by atoms with Crippen LogP contribution < -0.4 is 15.6 Å². The van der Waals surface area contributed by atoms with Crippen LogP contribution in [0.2, 0.25) is 0 Å². The number of aromatic nitrogens is 4. The van der Waals surface area contributed by atoms with Gasteiger partial charge in [-0.3, -0.25) is 9.52 Å². The molecule has 3 aromatic carbocycles. The predicted octanol–water partition coefficient (Wildman–Crippen LogP) is 1.72. The minimum atomic E-state index is -4.08. The number of nitrogens with zero attached hydrogens (tertiary/aromatic N) is 4. The normalized spacial score (nSPS) is 13.2. The minimum Gasteiger partial charge on any atom is -0.364 e. The van der Waals surface area contributed by atoms with Crippen LogP contribution in [0, 0.1) is 0 Å². The van der Waals surface area contributed by atoms with E-state index >= 15 is 0 Å². The maximum Gasteiger partial charge on any atom is 0.269 e. The van der Waals surface area contributed by atoms with Crippen molar-refractivity contribution in [3.05, 3.63) is 77.5 Å². The van der Waals surface area contributed by atoms with E-state index in [9.17, 15) is 21.6 Å². The number of nitrogens with one attached hydrogen (secondary N) is 1. The molecule has 13 nitrogen and oxygen atoms in total. The summed E-state index contributed by atoms with van der Waals surface area (Å²) in [6, 6.07) is 15.3. The van der Waals surface area contributed by atoms with Gasteiger partial charge in [-0.25, -0.2) is 31.3 Å². The Balaban J connectivity index is 1.47. The number of primary amides is 1. The first-order valence-electron chi connectivity index (χ1n) is 11.5. The molecule has 0 radical (unpaired) electrons. The first-order valence-corrected chi connectivity index (χ1v) is 14.5. The lowest BCUT2D eigenvalue weighted by Gasteiger charge is -2.20. The Hall–Kier alpha value is -4.60. The van der Waals surface area contributed by atoms with E-state index in [1.165, 1.54) is 41.1 Å². The molecule has 6 rings (SSSR count). The standard InChI is InChI=1S/C24H19N7O6S2/c25-24(32)21-17-11-5-13-4-6-14(30-39(35,36)20-3-1-2-19-22(20)29-37-28-19)12-18(13)23(17)31(27-21)15-7-9-16(10-8-15)38(26,33)34/h1-4,6-10,12,30H,5,11H2,(H2,25,32)(H2,26,33,34). The lowest BCUT2D eigenvalue weighted by Crippen LogP contribution is -2.16. The second-order valence-corrected chi connectivity index (χ2v) is 12.1. The van der Waals surface area contributed by atoms with E-state index in [1.54, 1.807) is 24.3 Å². The van der Waals surface area contributed by atoms with Gasteiger partial charge in [-0.1, -0.05) is 12.1 Å². The van der Waals surface area contributed by atoms with Gasteiger partial charge in [0.1, 0.15) is 10.4 Å². The van der Waals surface area contributed by atoms with Gasteiger partial charge < -0.3 is 5.73 Å². The highest BCUT2D eigenvalue weighted by Crippen LogP contribution is 2.39. The molecule has 1 aliphatic carbocycles. The summed E-state index contributed by atoms with van der Waals surface area (Å²) in [5, 5.41) is 17.0. The van der Waals surface area contributed by atoms with Crippen LogP contribution in [0.5, 0.6) is 0 Å². The fourth-order valence-electron chi connectivity index (χ4n) is 4.67. The quantitative estimate of drug-likeness (QED) is 0.273. The van der Waals surface area contributed by atoms with Crippen molar-refractivity contribution in [2.75, 3.05) is 4.72 Å². The van der Waals surface area contributed by atoms with Gasteiger partial charge >= 0.3 is 0 Å². The Morgan fingerprint density at radius 1 is 0.974 bits per heavy atom. The number of sulfonamides is 2. The van der Waals surface area contributed by atoms with Crippen LogP contribution in [-0.2, 0) is 32.9 Å². The SMILES string of the molecule is NC(=O)c1nn(-c2ccc(S(N)(=O)=O)cc2)c2c1CCc1ccc(NS(=O)(=O)c3cccc4nonc34)cc1-2. The number of fused-ring (bicyclic) bond motifs is 4. The molecule has 0 saturated carbocycles. The van der Waals surface area contributed by atoms with Gasteiger partial charge in [0, 0.05) is 16.8 Å². The van der Waals surface area contributed by atoms with Gasteiger partial charge in [0.15, 0.2) is 11.2 Å². The smallest absolute Gasteiger partial charge is 0.269 e. The molecule has 1 amide bonds. The molecule has 0 bridgehead atoms. The van der Waals surface area contributed by atoms with Crippen LogP contribution in [0.15, 0.2) is 75.1 Å².